The molecule has 2 N–H and O–H groups in total. The number of anilines is 1. The van der Waals surface area contributed by atoms with Crippen LogP contribution in [0.5, 0.6) is 0 Å². The van der Waals surface area contributed by atoms with E-state index in [4.69, 9.17) is 5.73 Å². The molecular formula is C10H6F3N3OS. The van der Waals surface area contributed by atoms with Gasteiger partial charge in [0.2, 0.25) is 5.78 Å². The molecule has 0 saturated heterocycles. The second kappa shape index (κ2) is 4.37. The summed E-state index contributed by atoms with van der Waals surface area (Å²) in [7, 11) is 0. The summed E-state index contributed by atoms with van der Waals surface area (Å²) in [5.74, 6) is -0.666. The van der Waals surface area contributed by atoms with Crippen LogP contribution in [0.1, 0.15) is 20.4 Å². The Hall–Kier alpha value is -1.96. The first-order valence-electron chi connectivity index (χ1n) is 4.68. The number of ketones is 1. The molecule has 0 amide bonds. The van der Waals surface area contributed by atoms with Gasteiger partial charge in [0.15, 0.2) is 5.01 Å². The van der Waals surface area contributed by atoms with E-state index in [0.29, 0.717) is 0 Å². The van der Waals surface area contributed by atoms with E-state index >= 15 is 0 Å². The third-order valence-electron chi connectivity index (χ3n) is 2.03. The summed E-state index contributed by atoms with van der Waals surface area (Å²) in [4.78, 5) is 18.6. The molecule has 0 spiro atoms. The fourth-order valence-electron chi connectivity index (χ4n) is 1.23. The predicted octanol–water partition coefficient (Wildman–Crippen LogP) is 2.37. The van der Waals surface area contributed by atoms with Gasteiger partial charge < -0.3 is 5.73 Å². The molecule has 2 aromatic rings. The van der Waals surface area contributed by atoms with Crippen molar-refractivity contribution in [3.05, 3.63) is 40.1 Å². The molecule has 2 rings (SSSR count). The Bertz CT molecular complexity index is 594. The van der Waals surface area contributed by atoms with Gasteiger partial charge in [-0.05, 0) is 12.1 Å². The summed E-state index contributed by atoms with van der Waals surface area (Å²) in [6.45, 7) is 0. The molecular weight excluding hydrogens is 267 g/mol. The summed E-state index contributed by atoms with van der Waals surface area (Å²) in [6.07, 6.45) is -2.34. The molecule has 0 aliphatic rings. The summed E-state index contributed by atoms with van der Waals surface area (Å²) >= 11 is 0.270. The Balaban J connectivity index is 2.36. The maximum Gasteiger partial charge on any atom is 0.443 e. The highest BCUT2D eigenvalue weighted by Crippen LogP contribution is 2.33. The first-order chi connectivity index (χ1) is 8.39. The van der Waals surface area contributed by atoms with Crippen molar-refractivity contribution in [3.63, 3.8) is 0 Å². The average molecular weight is 273 g/mol. The first kappa shape index (κ1) is 12.5. The lowest BCUT2D eigenvalue weighted by molar-refractivity contribution is -0.137. The molecule has 0 atom stereocenters. The third-order valence-corrected chi connectivity index (χ3v) is 3.07. The van der Waals surface area contributed by atoms with Gasteiger partial charge in [0.1, 0.15) is 5.69 Å². The van der Waals surface area contributed by atoms with Gasteiger partial charge >= 0.3 is 6.18 Å². The maximum atomic E-state index is 12.3. The first-order valence-corrected chi connectivity index (χ1v) is 5.49. The number of thiazole rings is 1. The fraction of sp³-hybridized carbons (Fsp3) is 0.100. The summed E-state index contributed by atoms with van der Waals surface area (Å²) in [5.41, 5.74) is 5.57. The summed E-state index contributed by atoms with van der Waals surface area (Å²) in [5, 5.41) is -1.07. The van der Waals surface area contributed by atoms with Crippen LogP contribution in [0.4, 0.5) is 18.9 Å². The Morgan fingerprint density at radius 1 is 1.33 bits per heavy atom. The molecule has 0 bridgehead atoms. The number of nitrogens with zero attached hydrogens (tertiary/aromatic N) is 2. The molecule has 2 aromatic heterocycles. The molecule has 2 heterocycles. The minimum Gasteiger partial charge on any atom is -0.397 e. The molecule has 0 aliphatic carbocycles. The lowest BCUT2D eigenvalue weighted by atomic mass is 10.2. The fourth-order valence-corrected chi connectivity index (χ4v) is 1.96. The van der Waals surface area contributed by atoms with Crippen LogP contribution in [0, 0.1) is 0 Å². The lowest BCUT2D eigenvalue weighted by Crippen LogP contribution is -2.06. The standard InChI is InChI=1S/C10H6F3N3OS/c11-10(12,13)9-16-4-6(18-9)8(17)7-5(14)2-1-3-15-7/h1-4H,14H2. The van der Waals surface area contributed by atoms with E-state index in [1.807, 2.05) is 0 Å². The highest BCUT2D eigenvalue weighted by Gasteiger charge is 2.35. The van der Waals surface area contributed by atoms with E-state index in [2.05, 4.69) is 9.97 Å². The molecule has 0 fully saturated rings. The van der Waals surface area contributed by atoms with Crippen LogP contribution in [0.15, 0.2) is 24.5 Å². The Morgan fingerprint density at radius 2 is 2.06 bits per heavy atom. The number of pyridine rings is 1. The number of aromatic nitrogens is 2. The highest BCUT2D eigenvalue weighted by atomic mass is 32.1. The number of rotatable bonds is 2. The Kier molecular flexibility index (Phi) is 3.04. The molecule has 4 nitrogen and oxygen atoms in total. The summed E-state index contributed by atoms with van der Waals surface area (Å²) < 4.78 is 37.0. The largest absolute Gasteiger partial charge is 0.443 e. The van der Waals surface area contributed by atoms with Gasteiger partial charge in [0.25, 0.3) is 0 Å². The number of hydrogen-bond acceptors (Lipinski definition) is 5. The van der Waals surface area contributed by atoms with E-state index in [-0.39, 0.29) is 27.6 Å². The van der Waals surface area contributed by atoms with Crippen LogP contribution in [0.2, 0.25) is 0 Å². The van der Waals surface area contributed by atoms with Crippen molar-refractivity contribution < 1.29 is 18.0 Å². The second-order valence-electron chi connectivity index (χ2n) is 3.30. The quantitative estimate of drug-likeness (QED) is 0.853. The normalized spacial score (nSPS) is 11.5. The van der Waals surface area contributed by atoms with Crippen LogP contribution in [0.3, 0.4) is 0 Å². The molecule has 0 unspecified atom stereocenters. The van der Waals surface area contributed by atoms with Gasteiger partial charge in [-0.15, -0.1) is 11.3 Å². The van der Waals surface area contributed by atoms with Gasteiger partial charge in [-0.3, -0.25) is 9.78 Å². The number of hydrogen-bond donors (Lipinski definition) is 1. The number of nitrogens with two attached hydrogens (primary N) is 1. The topological polar surface area (TPSA) is 68.9 Å². The lowest BCUT2D eigenvalue weighted by Gasteiger charge is -2.01. The van der Waals surface area contributed by atoms with E-state index in [0.717, 1.165) is 6.20 Å². The third kappa shape index (κ3) is 2.33. The van der Waals surface area contributed by atoms with Gasteiger partial charge in [0, 0.05) is 12.4 Å². The number of alkyl halides is 3. The number of carbonyl (C=O) groups excluding carboxylic acids is 1. The molecule has 18 heavy (non-hydrogen) atoms. The zero-order valence-corrected chi connectivity index (χ0v) is 9.55. The van der Waals surface area contributed by atoms with E-state index in [9.17, 15) is 18.0 Å². The van der Waals surface area contributed by atoms with Crippen LogP contribution >= 0.6 is 11.3 Å². The molecule has 94 valence electrons. The zero-order chi connectivity index (χ0) is 13.3. The monoisotopic (exact) mass is 273 g/mol. The van der Waals surface area contributed by atoms with Crippen molar-refractivity contribution >= 4 is 22.8 Å². The van der Waals surface area contributed by atoms with Crippen molar-refractivity contribution in [1.29, 1.82) is 0 Å². The molecule has 0 saturated carbocycles. The number of halogens is 3. The van der Waals surface area contributed by atoms with Crippen molar-refractivity contribution in [2.24, 2.45) is 0 Å². The van der Waals surface area contributed by atoms with Crippen molar-refractivity contribution in [3.8, 4) is 0 Å². The molecule has 0 aliphatic heterocycles. The van der Waals surface area contributed by atoms with E-state index < -0.39 is 17.0 Å². The number of carbonyl (C=O) groups is 1. The summed E-state index contributed by atoms with van der Waals surface area (Å²) in [6, 6.07) is 2.98. The van der Waals surface area contributed by atoms with Crippen LogP contribution < -0.4 is 5.73 Å². The van der Waals surface area contributed by atoms with Gasteiger partial charge in [0.05, 0.1) is 10.6 Å². The Labute approximate surface area is 103 Å². The van der Waals surface area contributed by atoms with Crippen molar-refractivity contribution in [1.82, 2.24) is 9.97 Å². The SMILES string of the molecule is Nc1cccnc1C(=O)c1cnc(C(F)(F)F)s1. The van der Waals surface area contributed by atoms with Crippen LogP contribution in [-0.4, -0.2) is 15.8 Å². The van der Waals surface area contributed by atoms with Gasteiger partial charge in [-0.25, -0.2) is 4.98 Å². The van der Waals surface area contributed by atoms with E-state index in [1.54, 1.807) is 0 Å². The van der Waals surface area contributed by atoms with Gasteiger partial charge in [-0.1, -0.05) is 0 Å². The van der Waals surface area contributed by atoms with E-state index in [1.165, 1.54) is 18.3 Å². The van der Waals surface area contributed by atoms with Crippen LogP contribution in [-0.2, 0) is 6.18 Å². The second-order valence-corrected chi connectivity index (χ2v) is 4.33. The number of nitrogen functional groups attached to an aromatic ring is 1. The smallest absolute Gasteiger partial charge is 0.397 e. The van der Waals surface area contributed by atoms with Crippen molar-refractivity contribution in [2.75, 3.05) is 5.73 Å². The highest BCUT2D eigenvalue weighted by molar-refractivity contribution is 7.14. The molecule has 0 radical (unpaired) electrons. The average Bonchev–Trinajstić information content (AvgIpc) is 2.77. The van der Waals surface area contributed by atoms with Crippen molar-refractivity contribution in [2.45, 2.75) is 6.18 Å². The molecule has 8 heteroatoms. The maximum absolute atomic E-state index is 12.3. The Morgan fingerprint density at radius 3 is 2.61 bits per heavy atom. The minimum atomic E-state index is -4.56. The van der Waals surface area contributed by atoms with Gasteiger partial charge in [-0.2, -0.15) is 13.2 Å². The minimum absolute atomic E-state index is 0.0742. The predicted molar refractivity (Wildman–Crippen MR) is 59.2 cm³/mol. The molecule has 0 aromatic carbocycles. The zero-order valence-electron chi connectivity index (χ0n) is 8.73. The van der Waals surface area contributed by atoms with Crippen LogP contribution in [0.25, 0.3) is 0 Å².